The monoisotopic (exact) mass is 225 g/mol. The van der Waals surface area contributed by atoms with Crippen molar-refractivity contribution in [2.75, 3.05) is 13.1 Å². The summed E-state index contributed by atoms with van der Waals surface area (Å²) in [6, 6.07) is 2.24. The van der Waals surface area contributed by atoms with Gasteiger partial charge in [-0.25, -0.2) is 0 Å². The Bertz CT molecular complexity index is 252. The van der Waals surface area contributed by atoms with Gasteiger partial charge in [-0.05, 0) is 60.2 Å². The van der Waals surface area contributed by atoms with Gasteiger partial charge in [0.15, 0.2) is 0 Å². The molecule has 0 aromatic carbocycles. The van der Waals surface area contributed by atoms with Gasteiger partial charge < -0.3 is 5.32 Å². The van der Waals surface area contributed by atoms with Crippen molar-refractivity contribution in [2.24, 2.45) is 5.41 Å². The lowest BCUT2D eigenvalue weighted by molar-refractivity contribution is 0.303. The molecule has 1 aromatic heterocycles. The Labute approximate surface area is 97.9 Å². The van der Waals surface area contributed by atoms with Crippen molar-refractivity contribution in [3.63, 3.8) is 0 Å². The fourth-order valence-electron chi connectivity index (χ4n) is 1.65. The van der Waals surface area contributed by atoms with E-state index in [1.807, 2.05) is 0 Å². The smallest absolute Gasteiger partial charge is 0.00439 e. The highest BCUT2D eigenvalue weighted by molar-refractivity contribution is 7.07. The molecule has 0 amide bonds. The van der Waals surface area contributed by atoms with Crippen LogP contribution in [0.5, 0.6) is 0 Å². The summed E-state index contributed by atoms with van der Waals surface area (Å²) in [6.45, 7) is 9.14. The summed E-state index contributed by atoms with van der Waals surface area (Å²) in [5.41, 5.74) is 1.96. The third kappa shape index (κ3) is 5.33. The van der Waals surface area contributed by atoms with Crippen molar-refractivity contribution >= 4 is 11.3 Å². The van der Waals surface area contributed by atoms with Crippen molar-refractivity contribution in [3.8, 4) is 0 Å². The maximum Gasteiger partial charge on any atom is -0.00439 e. The first-order chi connectivity index (χ1) is 7.14. The predicted octanol–water partition coefficient (Wildman–Crippen LogP) is 3.71. The van der Waals surface area contributed by atoms with Crippen LogP contribution in [-0.2, 0) is 6.42 Å². The van der Waals surface area contributed by atoms with Crippen molar-refractivity contribution in [1.29, 1.82) is 0 Å². The van der Waals surface area contributed by atoms with Gasteiger partial charge in [-0.1, -0.05) is 20.8 Å². The molecule has 0 spiro atoms. The molecule has 0 saturated carbocycles. The Hall–Kier alpha value is -0.340. The van der Waals surface area contributed by atoms with Crippen LogP contribution in [0, 0.1) is 5.41 Å². The molecule has 0 fully saturated rings. The maximum atomic E-state index is 3.40. The molecular formula is C13H23NS. The average Bonchev–Trinajstić information content (AvgIpc) is 2.68. The third-order valence-corrected chi connectivity index (χ3v) is 3.63. The molecular weight excluding hydrogens is 202 g/mol. The van der Waals surface area contributed by atoms with Crippen molar-refractivity contribution in [1.82, 2.24) is 5.32 Å². The molecule has 0 unspecified atom stereocenters. The van der Waals surface area contributed by atoms with Crippen LogP contribution in [0.15, 0.2) is 16.8 Å². The van der Waals surface area contributed by atoms with E-state index in [2.05, 4.69) is 42.9 Å². The van der Waals surface area contributed by atoms with Gasteiger partial charge in [0.25, 0.3) is 0 Å². The molecule has 2 heteroatoms. The molecule has 0 aliphatic rings. The lowest BCUT2D eigenvalue weighted by atomic mass is 9.83. The predicted molar refractivity (Wildman–Crippen MR) is 69.6 cm³/mol. The number of aryl methyl sites for hydroxylation is 1. The number of hydrogen-bond acceptors (Lipinski definition) is 2. The van der Waals surface area contributed by atoms with E-state index in [0.29, 0.717) is 5.41 Å². The van der Waals surface area contributed by atoms with Crippen LogP contribution in [0.25, 0.3) is 0 Å². The van der Waals surface area contributed by atoms with E-state index < -0.39 is 0 Å². The summed E-state index contributed by atoms with van der Waals surface area (Å²) < 4.78 is 0. The van der Waals surface area contributed by atoms with Crippen molar-refractivity contribution in [2.45, 2.75) is 40.0 Å². The van der Waals surface area contributed by atoms with Gasteiger partial charge in [0, 0.05) is 0 Å². The standard InChI is InChI=1S/C13H23NS/c1-4-14-9-8-13(2,3)7-5-12-6-10-15-11-12/h6,10-11,14H,4-5,7-9H2,1-3H3. The maximum absolute atomic E-state index is 3.40. The van der Waals surface area contributed by atoms with Crippen LogP contribution in [0.3, 0.4) is 0 Å². The molecule has 1 N–H and O–H groups in total. The SMILES string of the molecule is CCNCCC(C)(C)CCc1ccsc1. The Morgan fingerprint density at radius 2 is 2.13 bits per heavy atom. The quantitative estimate of drug-likeness (QED) is 0.698. The lowest BCUT2D eigenvalue weighted by Crippen LogP contribution is -2.22. The highest BCUT2D eigenvalue weighted by Crippen LogP contribution is 2.26. The van der Waals surface area contributed by atoms with Gasteiger partial charge in [-0.15, -0.1) is 0 Å². The molecule has 0 bridgehead atoms. The topological polar surface area (TPSA) is 12.0 Å². The fourth-order valence-corrected chi connectivity index (χ4v) is 2.35. The van der Waals surface area contributed by atoms with Gasteiger partial charge >= 0.3 is 0 Å². The minimum absolute atomic E-state index is 0.462. The van der Waals surface area contributed by atoms with E-state index in [9.17, 15) is 0 Å². The Morgan fingerprint density at radius 1 is 1.33 bits per heavy atom. The van der Waals surface area contributed by atoms with Crippen LogP contribution in [0.4, 0.5) is 0 Å². The first-order valence-corrected chi connectivity index (χ1v) is 6.80. The van der Waals surface area contributed by atoms with Crippen molar-refractivity contribution < 1.29 is 0 Å². The second-order valence-electron chi connectivity index (χ2n) is 4.90. The van der Waals surface area contributed by atoms with Crippen LogP contribution < -0.4 is 5.32 Å². The van der Waals surface area contributed by atoms with E-state index in [4.69, 9.17) is 0 Å². The van der Waals surface area contributed by atoms with E-state index in [-0.39, 0.29) is 0 Å². The van der Waals surface area contributed by atoms with Crippen LogP contribution in [-0.4, -0.2) is 13.1 Å². The summed E-state index contributed by atoms with van der Waals surface area (Å²) >= 11 is 1.80. The summed E-state index contributed by atoms with van der Waals surface area (Å²) in [5, 5.41) is 7.83. The molecule has 1 aromatic rings. The van der Waals surface area contributed by atoms with E-state index in [0.717, 1.165) is 13.1 Å². The number of thiophene rings is 1. The Balaban J connectivity index is 2.23. The molecule has 0 atom stereocenters. The van der Waals surface area contributed by atoms with E-state index in [1.165, 1.54) is 24.8 Å². The van der Waals surface area contributed by atoms with Crippen LogP contribution in [0.1, 0.15) is 39.2 Å². The molecule has 1 rings (SSSR count). The highest BCUT2D eigenvalue weighted by atomic mass is 32.1. The molecule has 0 aliphatic carbocycles. The Morgan fingerprint density at radius 3 is 2.73 bits per heavy atom. The van der Waals surface area contributed by atoms with Gasteiger partial charge in [-0.3, -0.25) is 0 Å². The minimum Gasteiger partial charge on any atom is -0.317 e. The zero-order valence-corrected chi connectivity index (χ0v) is 11.0. The van der Waals surface area contributed by atoms with Gasteiger partial charge in [0.1, 0.15) is 0 Å². The summed E-state index contributed by atoms with van der Waals surface area (Å²) in [5.74, 6) is 0. The van der Waals surface area contributed by atoms with Crippen molar-refractivity contribution in [3.05, 3.63) is 22.4 Å². The number of hydrogen-bond donors (Lipinski definition) is 1. The van der Waals surface area contributed by atoms with E-state index >= 15 is 0 Å². The van der Waals surface area contributed by atoms with Crippen LogP contribution >= 0.6 is 11.3 Å². The molecule has 15 heavy (non-hydrogen) atoms. The van der Waals surface area contributed by atoms with Gasteiger partial charge in [0.2, 0.25) is 0 Å². The Kier molecular flexibility index (Phi) is 5.34. The number of nitrogens with one attached hydrogen (secondary N) is 1. The summed E-state index contributed by atoms with van der Waals surface area (Å²) in [4.78, 5) is 0. The molecule has 0 aliphatic heterocycles. The highest BCUT2D eigenvalue weighted by Gasteiger charge is 2.16. The molecule has 1 nitrogen and oxygen atoms in total. The normalized spacial score (nSPS) is 11.9. The van der Waals surface area contributed by atoms with Crippen LogP contribution in [0.2, 0.25) is 0 Å². The number of rotatable bonds is 7. The van der Waals surface area contributed by atoms with E-state index in [1.54, 1.807) is 11.3 Å². The largest absolute Gasteiger partial charge is 0.317 e. The molecule has 0 saturated heterocycles. The van der Waals surface area contributed by atoms with Gasteiger partial charge in [0.05, 0.1) is 0 Å². The second-order valence-corrected chi connectivity index (χ2v) is 5.68. The lowest BCUT2D eigenvalue weighted by Gasteiger charge is -2.24. The second kappa shape index (κ2) is 6.29. The molecule has 1 heterocycles. The minimum atomic E-state index is 0.462. The zero-order chi connectivity index (χ0) is 11.1. The zero-order valence-electron chi connectivity index (χ0n) is 10.2. The first kappa shape index (κ1) is 12.7. The molecule has 0 radical (unpaired) electrons. The summed E-state index contributed by atoms with van der Waals surface area (Å²) in [7, 11) is 0. The molecule has 86 valence electrons. The van der Waals surface area contributed by atoms with Gasteiger partial charge in [-0.2, -0.15) is 11.3 Å². The fraction of sp³-hybridized carbons (Fsp3) is 0.692. The average molecular weight is 225 g/mol. The first-order valence-electron chi connectivity index (χ1n) is 5.86. The summed E-state index contributed by atoms with van der Waals surface area (Å²) in [6.07, 6.45) is 3.78. The third-order valence-electron chi connectivity index (χ3n) is 2.90.